The highest BCUT2D eigenvalue weighted by atomic mass is 32.2. The van der Waals surface area contributed by atoms with Crippen molar-refractivity contribution in [2.75, 3.05) is 25.0 Å². The summed E-state index contributed by atoms with van der Waals surface area (Å²) in [7, 11) is -3.52. The summed E-state index contributed by atoms with van der Waals surface area (Å²) in [6.45, 7) is 7.45. The molecule has 1 saturated heterocycles. The van der Waals surface area contributed by atoms with E-state index < -0.39 is 15.6 Å². The summed E-state index contributed by atoms with van der Waals surface area (Å²) in [5.74, 6) is -0.366. The molecule has 1 fully saturated rings. The number of benzene rings is 1. The number of ether oxygens (including phenoxy) is 1. The maximum absolute atomic E-state index is 12.7. The first-order chi connectivity index (χ1) is 15.5. The third kappa shape index (κ3) is 5.36. The zero-order valence-corrected chi connectivity index (χ0v) is 20.6. The quantitative estimate of drug-likeness (QED) is 0.700. The maximum atomic E-state index is 12.7. The van der Waals surface area contributed by atoms with Crippen LogP contribution in [0, 0.1) is 0 Å². The Balaban J connectivity index is 1.40. The maximum Gasteiger partial charge on any atom is 0.410 e. The van der Waals surface area contributed by atoms with Gasteiger partial charge in [0.1, 0.15) is 5.60 Å². The number of fused-ring (bicyclic) bond motifs is 1. The average Bonchev–Trinajstić information content (AvgIpc) is 3.42. The number of hydrogen-bond acceptors (Lipinski definition) is 7. The molecular weight excluding hydrogens is 464 g/mol. The lowest BCUT2D eigenvalue weighted by atomic mass is 10.2. The molecule has 2 amide bonds. The predicted octanol–water partition coefficient (Wildman–Crippen LogP) is 3.47. The largest absolute Gasteiger partial charge is 0.444 e. The third-order valence-corrected chi connectivity index (χ3v) is 8.33. The smallest absolute Gasteiger partial charge is 0.410 e. The van der Waals surface area contributed by atoms with E-state index in [9.17, 15) is 18.0 Å². The number of thiazole rings is 1. The van der Waals surface area contributed by atoms with Gasteiger partial charge in [-0.3, -0.25) is 10.1 Å². The van der Waals surface area contributed by atoms with Crippen LogP contribution in [0.2, 0.25) is 0 Å². The lowest BCUT2D eigenvalue weighted by Gasteiger charge is -2.29. The first kappa shape index (κ1) is 23.7. The number of carbonyl (C=O) groups is 2. The Morgan fingerprint density at radius 1 is 1.09 bits per heavy atom. The molecule has 1 aromatic carbocycles. The molecule has 1 aromatic heterocycles. The van der Waals surface area contributed by atoms with Gasteiger partial charge in [-0.25, -0.2) is 18.2 Å². The Morgan fingerprint density at radius 3 is 2.39 bits per heavy atom. The van der Waals surface area contributed by atoms with E-state index in [2.05, 4.69) is 10.3 Å². The standard InChI is InChI=1S/C22H28N4O5S2/c1-22(2,3)31-21(28)25-13-10-17-18(14-25)32-20(23-17)24-19(27)15-6-8-16(9-7-15)33(29,30)26-11-4-5-12-26/h6-9H,4-5,10-14H2,1-3H3,(H,23,24,27). The van der Waals surface area contributed by atoms with Crippen molar-refractivity contribution >= 4 is 38.5 Å². The van der Waals surface area contributed by atoms with Crippen molar-refractivity contribution in [1.29, 1.82) is 0 Å². The van der Waals surface area contributed by atoms with Crippen molar-refractivity contribution in [2.45, 2.75) is 57.1 Å². The summed E-state index contributed by atoms with van der Waals surface area (Å²) in [5.41, 5.74) is 0.647. The van der Waals surface area contributed by atoms with Crippen LogP contribution in [0.1, 0.15) is 54.5 Å². The number of anilines is 1. The lowest BCUT2D eigenvalue weighted by Crippen LogP contribution is -2.39. The highest BCUT2D eigenvalue weighted by Gasteiger charge is 2.29. The Bertz CT molecular complexity index is 1150. The van der Waals surface area contributed by atoms with E-state index in [1.54, 1.807) is 4.90 Å². The van der Waals surface area contributed by atoms with Crippen LogP contribution in [0.3, 0.4) is 0 Å². The van der Waals surface area contributed by atoms with Gasteiger partial charge in [-0.15, -0.1) is 0 Å². The number of amides is 2. The second-order valence-corrected chi connectivity index (χ2v) is 12.2. The molecule has 0 atom stereocenters. The van der Waals surface area contributed by atoms with E-state index in [-0.39, 0.29) is 16.9 Å². The van der Waals surface area contributed by atoms with Crippen molar-refractivity contribution in [3.05, 3.63) is 40.4 Å². The Hall–Kier alpha value is -2.50. The van der Waals surface area contributed by atoms with Crippen LogP contribution < -0.4 is 5.32 Å². The minimum absolute atomic E-state index is 0.188. The van der Waals surface area contributed by atoms with E-state index in [4.69, 9.17) is 4.74 Å². The predicted molar refractivity (Wildman–Crippen MR) is 125 cm³/mol. The summed E-state index contributed by atoms with van der Waals surface area (Å²) in [5, 5.41) is 3.23. The van der Waals surface area contributed by atoms with Crippen LogP contribution in [0.15, 0.2) is 29.2 Å². The van der Waals surface area contributed by atoms with Crippen LogP contribution in [0.4, 0.5) is 9.93 Å². The second-order valence-electron chi connectivity index (χ2n) is 9.13. The van der Waals surface area contributed by atoms with Gasteiger partial charge in [0.15, 0.2) is 5.13 Å². The van der Waals surface area contributed by atoms with Gasteiger partial charge in [0.25, 0.3) is 5.91 Å². The van der Waals surface area contributed by atoms with Crippen LogP contribution in [-0.2, 0) is 27.7 Å². The molecule has 11 heteroatoms. The van der Waals surface area contributed by atoms with E-state index in [0.717, 1.165) is 23.4 Å². The van der Waals surface area contributed by atoms with Gasteiger partial charge < -0.3 is 9.64 Å². The van der Waals surface area contributed by atoms with Crippen molar-refractivity contribution in [3.8, 4) is 0 Å². The average molecular weight is 493 g/mol. The Kier molecular flexibility index (Phi) is 6.47. The lowest BCUT2D eigenvalue weighted by molar-refractivity contribution is 0.0225. The molecule has 9 nitrogen and oxygen atoms in total. The summed E-state index contributed by atoms with van der Waals surface area (Å²) < 4.78 is 32.2. The number of nitrogens with zero attached hydrogens (tertiary/aromatic N) is 3. The molecule has 2 aromatic rings. The topological polar surface area (TPSA) is 109 Å². The highest BCUT2D eigenvalue weighted by molar-refractivity contribution is 7.89. The van der Waals surface area contributed by atoms with Crippen molar-refractivity contribution in [2.24, 2.45) is 0 Å². The van der Waals surface area contributed by atoms with E-state index in [1.165, 1.54) is 39.9 Å². The normalized spacial score (nSPS) is 17.0. The molecule has 4 rings (SSSR count). The molecule has 0 saturated carbocycles. The van der Waals surface area contributed by atoms with Gasteiger partial charge >= 0.3 is 6.09 Å². The van der Waals surface area contributed by atoms with Gasteiger partial charge in [-0.2, -0.15) is 4.31 Å². The minimum atomic E-state index is -3.52. The zero-order chi connectivity index (χ0) is 23.8. The van der Waals surface area contributed by atoms with Gasteiger partial charge in [0.05, 0.1) is 17.1 Å². The zero-order valence-electron chi connectivity index (χ0n) is 19.0. The number of hydrogen-bond donors (Lipinski definition) is 1. The first-order valence-corrected chi connectivity index (χ1v) is 13.2. The SMILES string of the molecule is CC(C)(C)OC(=O)N1CCc2nc(NC(=O)c3ccc(S(=O)(=O)N4CCCC4)cc3)sc2C1. The highest BCUT2D eigenvalue weighted by Crippen LogP contribution is 2.29. The summed E-state index contributed by atoms with van der Waals surface area (Å²) in [6.07, 6.45) is 1.96. The van der Waals surface area contributed by atoms with Gasteiger partial charge in [-0.1, -0.05) is 11.3 Å². The minimum Gasteiger partial charge on any atom is -0.444 e. The molecular formula is C22H28N4O5S2. The fraction of sp³-hybridized carbons (Fsp3) is 0.500. The molecule has 0 bridgehead atoms. The monoisotopic (exact) mass is 492 g/mol. The molecule has 2 aliphatic heterocycles. The van der Waals surface area contributed by atoms with Crippen molar-refractivity contribution < 1.29 is 22.7 Å². The Morgan fingerprint density at radius 2 is 1.76 bits per heavy atom. The van der Waals surface area contributed by atoms with Crippen molar-refractivity contribution in [3.63, 3.8) is 0 Å². The molecule has 3 heterocycles. The van der Waals surface area contributed by atoms with Gasteiger partial charge in [0.2, 0.25) is 10.0 Å². The molecule has 0 unspecified atom stereocenters. The van der Waals surface area contributed by atoms with E-state index in [1.807, 2.05) is 20.8 Å². The van der Waals surface area contributed by atoms with Crippen molar-refractivity contribution in [1.82, 2.24) is 14.2 Å². The summed E-state index contributed by atoms with van der Waals surface area (Å²) in [4.78, 5) is 32.3. The molecule has 0 aliphatic carbocycles. The number of nitrogens with one attached hydrogen (secondary N) is 1. The molecule has 1 N–H and O–H groups in total. The molecule has 178 valence electrons. The van der Waals surface area contributed by atoms with E-state index in [0.29, 0.717) is 43.3 Å². The molecule has 33 heavy (non-hydrogen) atoms. The summed E-state index contributed by atoms with van der Waals surface area (Å²) >= 11 is 1.33. The number of rotatable bonds is 4. The fourth-order valence-electron chi connectivity index (χ4n) is 3.76. The van der Waals surface area contributed by atoms with Crippen LogP contribution in [0.5, 0.6) is 0 Å². The third-order valence-electron chi connectivity index (χ3n) is 5.42. The van der Waals surface area contributed by atoms with Gasteiger partial charge in [0, 0.05) is 36.5 Å². The number of aromatic nitrogens is 1. The fourth-order valence-corrected chi connectivity index (χ4v) is 6.29. The number of carbonyl (C=O) groups excluding carboxylic acids is 2. The molecule has 0 radical (unpaired) electrons. The van der Waals surface area contributed by atoms with Crippen LogP contribution >= 0.6 is 11.3 Å². The van der Waals surface area contributed by atoms with Crippen LogP contribution in [0.25, 0.3) is 0 Å². The van der Waals surface area contributed by atoms with Crippen LogP contribution in [-0.4, -0.2) is 59.8 Å². The second kappa shape index (κ2) is 9.03. The number of sulfonamides is 1. The Labute approximate surface area is 197 Å². The van der Waals surface area contributed by atoms with E-state index >= 15 is 0 Å². The molecule has 2 aliphatic rings. The summed E-state index contributed by atoms with van der Waals surface area (Å²) in [6, 6.07) is 5.95. The first-order valence-electron chi connectivity index (χ1n) is 10.9. The molecule has 0 spiro atoms. The van der Waals surface area contributed by atoms with Gasteiger partial charge in [-0.05, 0) is 57.9 Å².